The lowest BCUT2D eigenvalue weighted by Crippen LogP contribution is -2.31. The Hall–Kier alpha value is -0.840. The highest BCUT2D eigenvalue weighted by molar-refractivity contribution is 5.06. The average Bonchev–Trinajstić information content (AvgIpc) is 2.59. The van der Waals surface area contributed by atoms with E-state index in [-0.39, 0.29) is 0 Å². The number of furan rings is 1. The Morgan fingerprint density at radius 3 is 2.62 bits per heavy atom. The zero-order valence-corrected chi connectivity index (χ0v) is 7.77. The van der Waals surface area contributed by atoms with Gasteiger partial charge in [0, 0.05) is 20.6 Å². The number of methoxy groups -OCH3 is 2. The first-order valence-corrected chi connectivity index (χ1v) is 4.02. The number of aliphatic hydroxyl groups excluding tert-OH is 1. The molecule has 1 aromatic rings. The van der Waals surface area contributed by atoms with Gasteiger partial charge in [-0.05, 0) is 11.6 Å². The van der Waals surface area contributed by atoms with Crippen LogP contribution >= 0.6 is 0 Å². The second kappa shape index (κ2) is 5.01. The number of ether oxygens (including phenoxy) is 2. The predicted molar refractivity (Wildman–Crippen MR) is 46.2 cm³/mol. The molecule has 0 saturated heterocycles. The molecule has 1 N–H and O–H groups in total. The van der Waals surface area contributed by atoms with Crippen LogP contribution < -0.4 is 0 Å². The van der Waals surface area contributed by atoms with Crippen molar-refractivity contribution in [1.29, 1.82) is 0 Å². The van der Waals surface area contributed by atoms with Crippen LogP contribution in [0.3, 0.4) is 0 Å². The summed E-state index contributed by atoms with van der Waals surface area (Å²) in [6.07, 6.45) is 2.35. The van der Waals surface area contributed by atoms with E-state index in [9.17, 15) is 5.11 Å². The van der Waals surface area contributed by atoms with E-state index in [2.05, 4.69) is 0 Å². The molecule has 13 heavy (non-hydrogen) atoms. The molecule has 74 valence electrons. The third kappa shape index (κ3) is 2.84. The number of aliphatic hydroxyl groups is 1. The molecule has 1 unspecified atom stereocenters. The Morgan fingerprint density at radius 2 is 2.15 bits per heavy atom. The number of rotatable bonds is 5. The van der Waals surface area contributed by atoms with Crippen LogP contribution in [-0.2, 0) is 15.9 Å². The minimum absolute atomic E-state index is 0.461. The first-order valence-electron chi connectivity index (χ1n) is 4.02. The lowest BCUT2D eigenvalue weighted by atomic mass is 10.1. The maximum atomic E-state index is 9.59. The highest BCUT2D eigenvalue weighted by atomic mass is 16.7. The van der Waals surface area contributed by atoms with E-state index >= 15 is 0 Å². The molecule has 0 aliphatic rings. The van der Waals surface area contributed by atoms with Crippen LogP contribution in [0, 0.1) is 0 Å². The molecule has 1 heterocycles. The molecule has 1 rings (SSSR count). The summed E-state index contributed by atoms with van der Waals surface area (Å²) in [5.74, 6) is 0. The van der Waals surface area contributed by atoms with Gasteiger partial charge in [-0.25, -0.2) is 0 Å². The van der Waals surface area contributed by atoms with Gasteiger partial charge in [0.1, 0.15) is 6.10 Å². The molecule has 0 spiro atoms. The summed E-state index contributed by atoms with van der Waals surface area (Å²) < 4.78 is 14.7. The van der Waals surface area contributed by atoms with Crippen LogP contribution in [0.4, 0.5) is 0 Å². The van der Waals surface area contributed by atoms with Crippen LogP contribution in [0.2, 0.25) is 0 Å². The second-order valence-corrected chi connectivity index (χ2v) is 2.74. The Kier molecular flexibility index (Phi) is 3.95. The summed E-state index contributed by atoms with van der Waals surface area (Å²) in [5, 5.41) is 9.59. The molecule has 0 aromatic carbocycles. The maximum absolute atomic E-state index is 9.59. The van der Waals surface area contributed by atoms with Crippen molar-refractivity contribution in [1.82, 2.24) is 0 Å². The standard InChI is InChI=1S/C9H14O4/c1-11-9(12-2)8(10)5-7-3-4-13-6-7/h3-4,6,8-10H,5H2,1-2H3. The molecule has 1 atom stereocenters. The predicted octanol–water partition coefficient (Wildman–Crippen LogP) is 0.802. The molecule has 0 radical (unpaired) electrons. The summed E-state index contributed by atoms with van der Waals surface area (Å²) in [4.78, 5) is 0. The van der Waals surface area contributed by atoms with Crippen LogP contribution in [0.5, 0.6) is 0 Å². The van der Waals surface area contributed by atoms with E-state index in [0.29, 0.717) is 6.42 Å². The molecule has 0 saturated carbocycles. The normalized spacial score (nSPS) is 13.5. The Morgan fingerprint density at radius 1 is 1.46 bits per heavy atom. The van der Waals surface area contributed by atoms with Crippen molar-refractivity contribution in [2.75, 3.05) is 14.2 Å². The first-order chi connectivity index (χ1) is 6.27. The quantitative estimate of drug-likeness (QED) is 0.691. The van der Waals surface area contributed by atoms with Crippen molar-refractivity contribution >= 4 is 0 Å². The molecule has 0 aliphatic heterocycles. The Balaban J connectivity index is 2.44. The smallest absolute Gasteiger partial charge is 0.183 e. The van der Waals surface area contributed by atoms with E-state index < -0.39 is 12.4 Å². The summed E-state index contributed by atoms with van der Waals surface area (Å²) in [7, 11) is 2.99. The largest absolute Gasteiger partial charge is 0.472 e. The van der Waals surface area contributed by atoms with Gasteiger partial charge < -0.3 is 19.0 Å². The average molecular weight is 186 g/mol. The van der Waals surface area contributed by atoms with Gasteiger partial charge in [-0.15, -0.1) is 0 Å². The Labute approximate surface area is 77.1 Å². The fraction of sp³-hybridized carbons (Fsp3) is 0.556. The first kappa shape index (κ1) is 10.2. The lowest BCUT2D eigenvalue weighted by molar-refractivity contribution is -0.163. The molecule has 0 aliphatic carbocycles. The van der Waals surface area contributed by atoms with E-state index in [4.69, 9.17) is 13.9 Å². The van der Waals surface area contributed by atoms with Crippen molar-refractivity contribution in [3.63, 3.8) is 0 Å². The third-order valence-electron chi connectivity index (χ3n) is 1.80. The van der Waals surface area contributed by atoms with Gasteiger partial charge in [0.25, 0.3) is 0 Å². The van der Waals surface area contributed by atoms with E-state index in [1.54, 1.807) is 18.6 Å². The summed E-state index contributed by atoms with van der Waals surface area (Å²) in [6, 6.07) is 1.80. The van der Waals surface area contributed by atoms with Gasteiger partial charge in [0.2, 0.25) is 0 Å². The molecular weight excluding hydrogens is 172 g/mol. The van der Waals surface area contributed by atoms with Crippen LogP contribution in [-0.4, -0.2) is 31.7 Å². The number of hydrogen-bond acceptors (Lipinski definition) is 4. The lowest BCUT2D eigenvalue weighted by Gasteiger charge is -2.18. The second-order valence-electron chi connectivity index (χ2n) is 2.74. The highest BCUT2D eigenvalue weighted by Gasteiger charge is 2.18. The van der Waals surface area contributed by atoms with Crippen molar-refractivity contribution in [2.24, 2.45) is 0 Å². The molecule has 1 aromatic heterocycles. The summed E-state index contributed by atoms with van der Waals surface area (Å²) in [5.41, 5.74) is 0.923. The topological polar surface area (TPSA) is 51.8 Å². The van der Waals surface area contributed by atoms with Crippen molar-refractivity contribution in [3.05, 3.63) is 24.2 Å². The van der Waals surface area contributed by atoms with E-state index in [1.807, 2.05) is 0 Å². The monoisotopic (exact) mass is 186 g/mol. The van der Waals surface area contributed by atoms with Crippen molar-refractivity contribution in [3.8, 4) is 0 Å². The van der Waals surface area contributed by atoms with Gasteiger partial charge in [-0.1, -0.05) is 0 Å². The van der Waals surface area contributed by atoms with Gasteiger partial charge in [-0.2, -0.15) is 0 Å². The molecule has 4 nitrogen and oxygen atoms in total. The van der Waals surface area contributed by atoms with E-state index in [0.717, 1.165) is 5.56 Å². The van der Waals surface area contributed by atoms with E-state index in [1.165, 1.54) is 14.2 Å². The van der Waals surface area contributed by atoms with Gasteiger partial charge in [-0.3, -0.25) is 0 Å². The zero-order chi connectivity index (χ0) is 9.68. The molecule has 0 amide bonds. The molecule has 4 heteroatoms. The molecule has 0 fully saturated rings. The summed E-state index contributed by atoms with van der Waals surface area (Å²) in [6.45, 7) is 0. The fourth-order valence-corrected chi connectivity index (χ4v) is 1.16. The number of hydrogen-bond donors (Lipinski definition) is 1. The minimum atomic E-state index is -0.674. The highest BCUT2D eigenvalue weighted by Crippen LogP contribution is 2.08. The molecule has 0 bridgehead atoms. The maximum Gasteiger partial charge on any atom is 0.183 e. The van der Waals surface area contributed by atoms with Crippen molar-refractivity contribution < 1.29 is 19.0 Å². The minimum Gasteiger partial charge on any atom is -0.472 e. The SMILES string of the molecule is COC(OC)C(O)Cc1ccoc1. The van der Waals surface area contributed by atoms with Crippen LogP contribution in [0.15, 0.2) is 23.0 Å². The zero-order valence-electron chi connectivity index (χ0n) is 7.77. The fourth-order valence-electron chi connectivity index (χ4n) is 1.16. The van der Waals surface area contributed by atoms with Crippen LogP contribution in [0.1, 0.15) is 5.56 Å². The Bertz CT molecular complexity index is 216. The van der Waals surface area contributed by atoms with Gasteiger partial charge in [0.05, 0.1) is 12.5 Å². The molecular formula is C9H14O4. The van der Waals surface area contributed by atoms with Gasteiger partial charge >= 0.3 is 0 Å². The van der Waals surface area contributed by atoms with Gasteiger partial charge in [0.15, 0.2) is 6.29 Å². The summed E-state index contributed by atoms with van der Waals surface area (Å²) >= 11 is 0. The third-order valence-corrected chi connectivity index (χ3v) is 1.80. The van der Waals surface area contributed by atoms with Crippen LogP contribution in [0.25, 0.3) is 0 Å². The van der Waals surface area contributed by atoms with Crippen molar-refractivity contribution in [2.45, 2.75) is 18.8 Å².